The molecule has 1 aromatic carbocycles. The molecule has 0 unspecified atom stereocenters. The lowest BCUT2D eigenvalue weighted by Gasteiger charge is -2.08. The van der Waals surface area contributed by atoms with Crippen LogP contribution < -0.4 is 5.32 Å². The highest BCUT2D eigenvalue weighted by atomic mass is 79.9. The first-order chi connectivity index (χ1) is 9.57. The van der Waals surface area contributed by atoms with Crippen LogP contribution in [0.4, 0.5) is 0 Å². The Hall–Kier alpha value is -0.640. The van der Waals surface area contributed by atoms with E-state index in [1.165, 1.54) is 19.1 Å². The second-order valence-electron chi connectivity index (χ2n) is 4.07. The largest absolute Gasteiger partial charge is 0.351 e. The number of rotatable bonds is 6. The zero-order valence-corrected chi connectivity index (χ0v) is 14.9. The molecule has 0 bridgehead atoms. The Morgan fingerprint density at radius 1 is 1.29 bits per heavy atom. The quantitative estimate of drug-likeness (QED) is 0.707. The fraction of sp³-hybridized carbons (Fsp3) is 0.364. The van der Waals surface area contributed by atoms with Gasteiger partial charge in [-0.15, -0.1) is 0 Å². The molecule has 0 aromatic heterocycles. The summed E-state index contributed by atoms with van der Waals surface area (Å²) in [6.07, 6.45) is 0. The average Bonchev–Trinajstić information content (AvgIpc) is 2.37. The molecular formula is C11H13BrClNO5S2. The summed E-state index contributed by atoms with van der Waals surface area (Å²) in [6.45, 7) is 1.46. The van der Waals surface area contributed by atoms with Gasteiger partial charge in [0.05, 0.1) is 16.2 Å². The summed E-state index contributed by atoms with van der Waals surface area (Å²) >= 11 is 3.13. The maximum absolute atomic E-state index is 11.9. The van der Waals surface area contributed by atoms with Crippen LogP contribution in [0.3, 0.4) is 0 Å². The molecular weight excluding hydrogens is 406 g/mol. The fourth-order valence-corrected chi connectivity index (χ4v) is 3.30. The van der Waals surface area contributed by atoms with E-state index >= 15 is 0 Å². The second kappa shape index (κ2) is 7.08. The summed E-state index contributed by atoms with van der Waals surface area (Å²) in [5.74, 6) is -0.775. The van der Waals surface area contributed by atoms with Crippen LogP contribution in [0, 0.1) is 0 Å². The van der Waals surface area contributed by atoms with Crippen LogP contribution >= 0.6 is 26.6 Å². The third kappa shape index (κ3) is 5.57. The minimum Gasteiger partial charge on any atom is -0.351 e. The first kappa shape index (κ1) is 18.4. The van der Waals surface area contributed by atoms with E-state index < -0.39 is 24.8 Å². The summed E-state index contributed by atoms with van der Waals surface area (Å²) in [5, 5.41) is 2.42. The van der Waals surface area contributed by atoms with Crippen LogP contribution in [-0.2, 0) is 18.9 Å². The number of sulfone groups is 1. The van der Waals surface area contributed by atoms with Gasteiger partial charge < -0.3 is 5.32 Å². The van der Waals surface area contributed by atoms with Crippen molar-refractivity contribution in [3.05, 3.63) is 28.2 Å². The van der Waals surface area contributed by atoms with Crippen molar-refractivity contribution in [1.29, 1.82) is 0 Å². The first-order valence-corrected chi connectivity index (χ1v) is 10.7. The zero-order chi connectivity index (χ0) is 16.3. The smallest absolute Gasteiger partial charge is 0.261 e. The Labute approximate surface area is 136 Å². The number of hydrogen-bond acceptors (Lipinski definition) is 5. The minimum atomic E-state index is -3.95. The van der Waals surface area contributed by atoms with Gasteiger partial charge in [-0.3, -0.25) is 4.79 Å². The Bertz CT molecular complexity index is 746. The molecule has 0 aliphatic carbocycles. The van der Waals surface area contributed by atoms with Gasteiger partial charge in [-0.05, 0) is 34.1 Å². The van der Waals surface area contributed by atoms with Crippen molar-refractivity contribution in [2.75, 3.05) is 18.1 Å². The predicted molar refractivity (Wildman–Crippen MR) is 83.8 cm³/mol. The number of carbonyl (C=O) groups is 1. The molecule has 6 nitrogen and oxygen atoms in total. The van der Waals surface area contributed by atoms with Gasteiger partial charge in [0, 0.05) is 27.5 Å². The van der Waals surface area contributed by atoms with Crippen molar-refractivity contribution in [2.45, 2.75) is 11.8 Å². The van der Waals surface area contributed by atoms with Gasteiger partial charge in [0.15, 0.2) is 9.84 Å². The lowest BCUT2D eigenvalue weighted by Crippen LogP contribution is -2.29. The van der Waals surface area contributed by atoms with Gasteiger partial charge in [0.1, 0.15) is 0 Å². The highest BCUT2D eigenvalue weighted by molar-refractivity contribution is 9.10. The van der Waals surface area contributed by atoms with E-state index in [2.05, 4.69) is 21.2 Å². The molecule has 118 valence electrons. The van der Waals surface area contributed by atoms with Gasteiger partial charge in [-0.1, -0.05) is 6.92 Å². The van der Waals surface area contributed by atoms with Crippen LogP contribution in [0.15, 0.2) is 27.6 Å². The average molecular weight is 419 g/mol. The van der Waals surface area contributed by atoms with Crippen molar-refractivity contribution < 1.29 is 21.6 Å². The summed E-state index contributed by atoms with van der Waals surface area (Å²) in [5.41, 5.74) is 0.0608. The first-order valence-electron chi connectivity index (χ1n) is 5.79. The summed E-state index contributed by atoms with van der Waals surface area (Å²) in [7, 11) is -1.91. The number of nitrogens with one attached hydrogen (secondary N) is 1. The monoisotopic (exact) mass is 417 g/mol. The normalized spacial score (nSPS) is 12.1. The van der Waals surface area contributed by atoms with E-state index in [1.54, 1.807) is 0 Å². The van der Waals surface area contributed by atoms with Crippen LogP contribution in [0.25, 0.3) is 0 Å². The maximum atomic E-state index is 11.9. The molecule has 0 saturated heterocycles. The van der Waals surface area contributed by atoms with Gasteiger partial charge in [0.2, 0.25) is 0 Å². The van der Waals surface area contributed by atoms with E-state index in [0.717, 1.165) is 6.07 Å². The molecule has 0 atom stereocenters. The summed E-state index contributed by atoms with van der Waals surface area (Å²) in [4.78, 5) is 11.7. The molecule has 0 saturated carbocycles. The van der Waals surface area contributed by atoms with Gasteiger partial charge in [-0.25, -0.2) is 16.8 Å². The van der Waals surface area contributed by atoms with Gasteiger partial charge in [0.25, 0.3) is 15.0 Å². The molecule has 0 fully saturated rings. The predicted octanol–water partition coefficient (Wildman–Crippen LogP) is 1.54. The van der Waals surface area contributed by atoms with Gasteiger partial charge in [-0.2, -0.15) is 0 Å². The Kier molecular flexibility index (Phi) is 6.21. The molecule has 1 aromatic rings. The van der Waals surface area contributed by atoms with E-state index in [-0.39, 0.29) is 28.5 Å². The second-order valence-corrected chi connectivity index (χ2v) is 9.96. The highest BCUT2D eigenvalue weighted by Crippen LogP contribution is 2.23. The number of benzene rings is 1. The molecule has 1 N–H and O–H groups in total. The third-order valence-electron chi connectivity index (χ3n) is 2.60. The van der Waals surface area contributed by atoms with E-state index in [0.29, 0.717) is 4.47 Å². The van der Waals surface area contributed by atoms with Crippen molar-refractivity contribution in [3.63, 3.8) is 0 Å². The Balaban J connectivity index is 2.88. The molecule has 10 heteroatoms. The number of halogens is 2. The van der Waals surface area contributed by atoms with E-state index in [9.17, 15) is 21.6 Å². The lowest BCUT2D eigenvalue weighted by molar-refractivity contribution is 0.0955. The van der Waals surface area contributed by atoms with Crippen LogP contribution in [0.1, 0.15) is 17.3 Å². The van der Waals surface area contributed by atoms with Crippen molar-refractivity contribution in [2.24, 2.45) is 0 Å². The maximum Gasteiger partial charge on any atom is 0.261 e. The molecule has 0 spiro atoms. The summed E-state index contributed by atoms with van der Waals surface area (Å²) < 4.78 is 45.5. The van der Waals surface area contributed by atoms with Crippen molar-refractivity contribution >= 4 is 51.4 Å². The van der Waals surface area contributed by atoms with E-state index in [1.807, 2.05) is 0 Å². The SMILES string of the molecule is CCS(=O)(=O)CCNC(=O)c1cc(S(=O)(=O)Cl)ccc1Br. The van der Waals surface area contributed by atoms with Crippen LogP contribution in [-0.4, -0.2) is 40.8 Å². The molecule has 0 aliphatic heterocycles. The number of carbonyl (C=O) groups excluding carboxylic acids is 1. The van der Waals surface area contributed by atoms with E-state index in [4.69, 9.17) is 10.7 Å². The summed E-state index contributed by atoms with van der Waals surface area (Å²) in [6, 6.07) is 3.76. The molecule has 0 aliphatic rings. The Morgan fingerprint density at radius 2 is 1.90 bits per heavy atom. The zero-order valence-electron chi connectivity index (χ0n) is 11.0. The van der Waals surface area contributed by atoms with Crippen LogP contribution in [0.5, 0.6) is 0 Å². The molecule has 1 rings (SSSR count). The van der Waals surface area contributed by atoms with Crippen molar-refractivity contribution in [1.82, 2.24) is 5.32 Å². The third-order valence-corrected chi connectivity index (χ3v) is 6.35. The molecule has 21 heavy (non-hydrogen) atoms. The Morgan fingerprint density at radius 3 is 2.43 bits per heavy atom. The molecule has 0 heterocycles. The fourth-order valence-electron chi connectivity index (χ4n) is 1.39. The number of hydrogen-bond donors (Lipinski definition) is 1. The van der Waals surface area contributed by atoms with Gasteiger partial charge >= 0.3 is 0 Å². The molecule has 1 amide bonds. The minimum absolute atomic E-state index is 0.00740. The molecule has 0 radical (unpaired) electrons. The van der Waals surface area contributed by atoms with Crippen LogP contribution in [0.2, 0.25) is 0 Å². The van der Waals surface area contributed by atoms with Crippen molar-refractivity contribution in [3.8, 4) is 0 Å². The standard InChI is InChI=1S/C11H13BrClNO5S2/c1-2-20(16,17)6-5-14-11(15)9-7-8(21(13,18)19)3-4-10(9)12/h3-4,7H,2,5-6H2,1H3,(H,14,15). The topological polar surface area (TPSA) is 97.4 Å². The highest BCUT2D eigenvalue weighted by Gasteiger charge is 2.17. The lowest BCUT2D eigenvalue weighted by atomic mass is 10.2. The number of amides is 1.